The topological polar surface area (TPSA) is 29.1 Å². The summed E-state index contributed by atoms with van der Waals surface area (Å²) in [6, 6.07) is 8.25. The van der Waals surface area contributed by atoms with Gasteiger partial charge in [-0.15, -0.1) is 23.4 Å². The molecule has 1 aliphatic heterocycles. The number of rotatable bonds is 5. The molecule has 104 valence electrons. The van der Waals surface area contributed by atoms with E-state index in [0.29, 0.717) is 5.88 Å². The summed E-state index contributed by atoms with van der Waals surface area (Å²) in [5.74, 6) is 0.707. The number of benzene rings is 1. The highest BCUT2D eigenvalue weighted by Gasteiger charge is 2.32. The molecule has 0 aliphatic carbocycles. The molecule has 0 saturated carbocycles. The van der Waals surface area contributed by atoms with Crippen molar-refractivity contribution >= 4 is 29.3 Å². The molecule has 19 heavy (non-hydrogen) atoms. The molecule has 0 bridgehead atoms. The maximum absolute atomic E-state index is 12.4. The summed E-state index contributed by atoms with van der Waals surface area (Å²) in [5.41, 5.74) is 1.09. The van der Waals surface area contributed by atoms with Crippen molar-refractivity contribution in [2.45, 2.75) is 48.8 Å². The van der Waals surface area contributed by atoms with Gasteiger partial charge in [0.2, 0.25) is 5.91 Å². The molecular weight excluding hydrogens is 278 g/mol. The lowest BCUT2D eigenvalue weighted by Gasteiger charge is -2.30. The van der Waals surface area contributed by atoms with Gasteiger partial charge in [0, 0.05) is 16.3 Å². The molecule has 2 atom stereocenters. The normalized spacial score (nSPS) is 20.7. The van der Waals surface area contributed by atoms with Gasteiger partial charge in [-0.25, -0.2) is 0 Å². The number of thioether (sulfide) groups is 1. The average molecular weight is 298 g/mol. The van der Waals surface area contributed by atoms with Crippen LogP contribution in [0.2, 0.25) is 0 Å². The summed E-state index contributed by atoms with van der Waals surface area (Å²) in [6.45, 7) is 4.16. The van der Waals surface area contributed by atoms with Crippen LogP contribution in [0.3, 0.4) is 0 Å². The molecule has 0 saturated heterocycles. The molecule has 2 unspecified atom stereocenters. The molecule has 1 N–H and O–H groups in total. The smallest absolute Gasteiger partial charge is 0.234 e. The van der Waals surface area contributed by atoms with E-state index in [4.69, 9.17) is 11.6 Å². The fraction of sp³-hybridized carbons (Fsp3) is 0.533. The third-order valence-electron chi connectivity index (χ3n) is 3.79. The predicted molar refractivity (Wildman–Crippen MR) is 82.0 cm³/mol. The van der Waals surface area contributed by atoms with Crippen molar-refractivity contribution < 1.29 is 4.79 Å². The number of nitrogens with one attached hydrogen (secondary N) is 1. The minimum absolute atomic E-state index is 0.00130. The van der Waals surface area contributed by atoms with Gasteiger partial charge in [0.1, 0.15) is 0 Å². The number of alkyl halides is 1. The molecule has 1 aromatic carbocycles. The van der Waals surface area contributed by atoms with Gasteiger partial charge in [-0.3, -0.25) is 4.79 Å². The van der Waals surface area contributed by atoms with Gasteiger partial charge in [0.15, 0.2) is 0 Å². The largest absolute Gasteiger partial charge is 0.350 e. The molecule has 1 aromatic rings. The highest BCUT2D eigenvalue weighted by molar-refractivity contribution is 8.01. The van der Waals surface area contributed by atoms with E-state index in [2.05, 4.69) is 31.3 Å². The van der Waals surface area contributed by atoms with Gasteiger partial charge in [0.05, 0.1) is 5.25 Å². The van der Waals surface area contributed by atoms with E-state index in [1.165, 1.54) is 10.5 Å². The second kappa shape index (κ2) is 6.19. The van der Waals surface area contributed by atoms with Crippen molar-refractivity contribution in [2.24, 2.45) is 0 Å². The molecule has 2 nitrogen and oxygen atoms in total. The van der Waals surface area contributed by atoms with Crippen molar-refractivity contribution in [3.05, 3.63) is 29.8 Å². The summed E-state index contributed by atoms with van der Waals surface area (Å²) >= 11 is 7.49. The molecular formula is C15H20ClNOS. The van der Waals surface area contributed by atoms with E-state index >= 15 is 0 Å². The van der Waals surface area contributed by atoms with E-state index in [1.807, 2.05) is 12.1 Å². The van der Waals surface area contributed by atoms with Crippen LogP contribution in [0.5, 0.6) is 0 Å². The van der Waals surface area contributed by atoms with Crippen LogP contribution in [0, 0.1) is 0 Å². The van der Waals surface area contributed by atoms with E-state index in [1.54, 1.807) is 11.8 Å². The van der Waals surface area contributed by atoms with Crippen LogP contribution < -0.4 is 5.32 Å². The minimum Gasteiger partial charge on any atom is -0.350 e. The molecule has 1 aliphatic rings. The van der Waals surface area contributed by atoms with Crippen LogP contribution in [0.15, 0.2) is 29.2 Å². The Balaban J connectivity index is 1.99. The number of hydrogen-bond acceptors (Lipinski definition) is 2. The maximum atomic E-state index is 12.4. The van der Waals surface area contributed by atoms with Crippen LogP contribution >= 0.6 is 23.4 Å². The Kier molecular flexibility index (Phi) is 4.80. The average Bonchev–Trinajstić information content (AvgIpc) is 2.83. The Morgan fingerprint density at radius 1 is 1.53 bits per heavy atom. The van der Waals surface area contributed by atoms with Gasteiger partial charge >= 0.3 is 0 Å². The monoisotopic (exact) mass is 297 g/mol. The van der Waals surface area contributed by atoms with Gasteiger partial charge in [0.25, 0.3) is 0 Å². The first-order valence-corrected chi connectivity index (χ1v) is 8.12. The van der Waals surface area contributed by atoms with Crippen LogP contribution in [-0.2, 0) is 11.2 Å². The standard InChI is InChI=1S/C15H20ClNOS/c1-3-15(2,8-9-16)17-14(18)13-10-11-6-4-5-7-12(11)19-13/h4-7,13H,3,8-10H2,1-2H3,(H,17,18). The Labute approximate surface area is 124 Å². The Morgan fingerprint density at radius 3 is 2.89 bits per heavy atom. The Morgan fingerprint density at radius 2 is 2.26 bits per heavy atom. The molecule has 1 heterocycles. The molecule has 0 aromatic heterocycles. The molecule has 1 amide bonds. The highest BCUT2D eigenvalue weighted by atomic mass is 35.5. The SMILES string of the molecule is CCC(C)(CCCl)NC(=O)C1Cc2ccccc2S1. The zero-order valence-corrected chi connectivity index (χ0v) is 13.0. The first-order chi connectivity index (χ1) is 9.08. The summed E-state index contributed by atoms with van der Waals surface area (Å²) in [6.07, 6.45) is 2.53. The number of fused-ring (bicyclic) bond motifs is 1. The quantitative estimate of drug-likeness (QED) is 0.841. The number of halogens is 1. The molecule has 0 radical (unpaired) electrons. The lowest BCUT2D eigenvalue weighted by atomic mass is 9.95. The van der Waals surface area contributed by atoms with E-state index in [9.17, 15) is 4.79 Å². The van der Waals surface area contributed by atoms with E-state index in [-0.39, 0.29) is 16.7 Å². The van der Waals surface area contributed by atoms with Crippen molar-refractivity contribution in [3.8, 4) is 0 Å². The third-order valence-corrected chi connectivity index (χ3v) is 5.30. The zero-order valence-electron chi connectivity index (χ0n) is 11.4. The Hall–Kier alpha value is -0.670. The fourth-order valence-corrected chi connectivity index (χ4v) is 3.85. The highest BCUT2D eigenvalue weighted by Crippen LogP contribution is 2.37. The van der Waals surface area contributed by atoms with Crippen LogP contribution in [-0.4, -0.2) is 22.6 Å². The van der Waals surface area contributed by atoms with Gasteiger partial charge in [-0.2, -0.15) is 0 Å². The number of carbonyl (C=O) groups is 1. The lowest BCUT2D eigenvalue weighted by Crippen LogP contribution is -2.49. The number of hydrogen-bond donors (Lipinski definition) is 1. The number of amides is 1. The van der Waals surface area contributed by atoms with E-state index in [0.717, 1.165) is 19.3 Å². The van der Waals surface area contributed by atoms with Crippen LogP contribution in [0.4, 0.5) is 0 Å². The second-order valence-electron chi connectivity index (χ2n) is 5.26. The summed E-state index contributed by atoms with van der Waals surface area (Å²) < 4.78 is 0. The van der Waals surface area contributed by atoms with E-state index < -0.39 is 0 Å². The first kappa shape index (κ1) is 14.7. The van der Waals surface area contributed by atoms with Gasteiger partial charge in [-0.05, 0) is 37.8 Å². The van der Waals surface area contributed by atoms with Crippen LogP contribution in [0.1, 0.15) is 32.3 Å². The van der Waals surface area contributed by atoms with Crippen molar-refractivity contribution in [1.29, 1.82) is 0 Å². The molecule has 4 heteroatoms. The third kappa shape index (κ3) is 3.46. The predicted octanol–water partition coefficient (Wildman–Crippen LogP) is 3.62. The van der Waals surface area contributed by atoms with Crippen molar-refractivity contribution in [1.82, 2.24) is 5.32 Å². The molecule has 0 fully saturated rings. The summed E-state index contributed by atoms with van der Waals surface area (Å²) in [5, 5.41) is 3.18. The molecule has 0 spiro atoms. The lowest BCUT2D eigenvalue weighted by molar-refractivity contribution is -0.122. The first-order valence-electron chi connectivity index (χ1n) is 6.70. The minimum atomic E-state index is -0.186. The Bertz CT molecular complexity index is 440. The second-order valence-corrected chi connectivity index (χ2v) is 6.88. The van der Waals surface area contributed by atoms with Crippen molar-refractivity contribution in [3.63, 3.8) is 0 Å². The fourth-order valence-electron chi connectivity index (χ4n) is 2.24. The zero-order chi connectivity index (χ0) is 13.9. The van der Waals surface area contributed by atoms with Crippen LogP contribution in [0.25, 0.3) is 0 Å². The summed E-state index contributed by atoms with van der Waals surface area (Å²) in [7, 11) is 0. The molecule has 2 rings (SSSR count). The van der Waals surface area contributed by atoms with Gasteiger partial charge < -0.3 is 5.32 Å². The number of carbonyl (C=O) groups excluding carboxylic acids is 1. The maximum Gasteiger partial charge on any atom is 0.234 e. The van der Waals surface area contributed by atoms with Gasteiger partial charge in [-0.1, -0.05) is 25.1 Å². The summed E-state index contributed by atoms with van der Waals surface area (Å²) in [4.78, 5) is 13.6. The van der Waals surface area contributed by atoms with Crippen molar-refractivity contribution in [2.75, 3.05) is 5.88 Å².